The van der Waals surface area contributed by atoms with Gasteiger partial charge in [0.2, 0.25) is 0 Å². The lowest BCUT2D eigenvalue weighted by Gasteiger charge is -2.24. The number of benzene rings is 1. The summed E-state index contributed by atoms with van der Waals surface area (Å²) in [4.78, 5) is 6.92. The average molecular weight is 347 g/mol. The van der Waals surface area contributed by atoms with Crippen LogP contribution in [0.4, 0.5) is 0 Å². The fourth-order valence-corrected chi connectivity index (χ4v) is 2.19. The van der Waals surface area contributed by atoms with Gasteiger partial charge in [0.1, 0.15) is 30.2 Å². The normalized spacial score (nSPS) is 17.9. The smallest absolute Gasteiger partial charge is 0.140 e. The molecule has 0 fully saturated rings. The first kappa shape index (κ1) is 15.4. The highest BCUT2D eigenvalue weighted by molar-refractivity contribution is 9.10. The maximum atomic E-state index is 9.97. The summed E-state index contributed by atoms with van der Waals surface area (Å²) < 4.78 is 0.825. The summed E-state index contributed by atoms with van der Waals surface area (Å²) in [6.45, 7) is -0.724. The molecule has 2 aromatic rings. The number of hydrogen-bond acceptors (Lipinski definition) is 6. The minimum absolute atomic E-state index is 0.0646. The third kappa shape index (κ3) is 3.00. The van der Waals surface area contributed by atoms with Crippen molar-refractivity contribution in [1.82, 2.24) is 9.97 Å². The second-order valence-corrected chi connectivity index (χ2v) is 5.38. The molecule has 1 aromatic heterocycles. The third-order valence-corrected chi connectivity index (χ3v) is 3.49. The minimum atomic E-state index is -1.69. The van der Waals surface area contributed by atoms with Gasteiger partial charge in [0.25, 0.3) is 0 Å². The van der Waals surface area contributed by atoms with Crippen LogP contribution in [0, 0.1) is 0 Å². The first-order valence-corrected chi connectivity index (χ1v) is 6.71. The van der Waals surface area contributed by atoms with Gasteiger partial charge in [-0.25, -0.2) is 4.98 Å². The Bertz CT molecular complexity index is 590. The number of imidazole rings is 1. The van der Waals surface area contributed by atoms with Gasteiger partial charge < -0.3 is 30.5 Å². The lowest BCUT2D eigenvalue weighted by molar-refractivity contribution is -0.117. The first-order chi connectivity index (χ1) is 9.43. The second kappa shape index (κ2) is 6.17. The van der Waals surface area contributed by atoms with Crippen LogP contribution in [0.15, 0.2) is 22.7 Å². The van der Waals surface area contributed by atoms with Crippen LogP contribution in [0.25, 0.3) is 11.0 Å². The number of rotatable bonds is 5. The number of aromatic amines is 1. The minimum Gasteiger partial charge on any atom is -0.394 e. The molecule has 2 rings (SSSR count). The van der Waals surface area contributed by atoms with E-state index in [1.807, 2.05) is 0 Å². The molecule has 7 nitrogen and oxygen atoms in total. The number of hydrogen-bond donors (Lipinski definition) is 6. The Labute approximate surface area is 122 Å². The van der Waals surface area contributed by atoms with Crippen molar-refractivity contribution >= 4 is 27.0 Å². The van der Waals surface area contributed by atoms with E-state index < -0.39 is 31.0 Å². The zero-order valence-corrected chi connectivity index (χ0v) is 11.9. The van der Waals surface area contributed by atoms with Crippen molar-refractivity contribution < 1.29 is 25.5 Å². The maximum Gasteiger partial charge on any atom is 0.140 e. The van der Waals surface area contributed by atoms with Crippen molar-refractivity contribution in [3.8, 4) is 0 Å². The highest BCUT2D eigenvalue weighted by Crippen LogP contribution is 2.23. The summed E-state index contributed by atoms with van der Waals surface area (Å²) in [5.74, 6) is 0.0646. The lowest BCUT2D eigenvalue weighted by atomic mass is 10.0. The molecule has 0 aliphatic carbocycles. The Morgan fingerprint density at radius 2 is 1.85 bits per heavy atom. The number of nitrogens with one attached hydrogen (secondary N) is 1. The molecule has 0 aliphatic heterocycles. The monoisotopic (exact) mass is 346 g/mol. The number of aliphatic hydroxyl groups excluding tert-OH is 5. The van der Waals surface area contributed by atoms with E-state index in [1.165, 1.54) is 0 Å². The summed E-state index contributed by atoms with van der Waals surface area (Å²) in [6.07, 6.45) is -6.42. The predicted molar refractivity (Wildman–Crippen MR) is 73.9 cm³/mol. The van der Waals surface area contributed by atoms with E-state index in [9.17, 15) is 20.4 Å². The van der Waals surface area contributed by atoms with Crippen molar-refractivity contribution in [3.63, 3.8) is 0 Å². The SMILES string of the molecule is OCC(O)[C@H](O)C(O)[C@H](O)c1nc2ccc(Br)cc2[nH]1. The van der Waals surface area contributed by atoms with E-state index >= 15 is 0 Å². The zero-order valence-electron chi connectivity index (χ0n) is 10.3. The highest BCUT2D eigenvalue weighted by Gasteiger charge is 2.32. The summed E-state index contributed by atoms with van der Waals surface area (Å²) in [5.41, 5.74) is 1.24. The molecule has 0 bridgehead atoms. The van der Waals surface area contributed by atoms with Gasteiger partial charge in [-0.05, 0) is 18.2 Å². The summed E-state index contributed by atoms with van der Waals surface area (Å²) in [5, 5.41) is 47.3. The van der Waals surface area contributed by atoms with Crippen molar-refractivity contribution in [3.05, 3.63) is 28.5 Å². The summed E-state index contributed by atoms with van der Waals surface area (Å²) >= 11 is 3.30. The van der Waals surface area contributed by atoms with Gasteiger partial charge in [-0.2, -0.15) is 0 Å². The molecule has 0 radical (unpaired) electrons. The largest absolute Gasteiger partial charge is 0.394 e. The van der Waals surface area contributed by atoms with Crippen LogP contribution in [-0.2, 0) is 0 Å². The molecule has 1 heterocycles. The number of nitrogens with zero attached hydrogens (tertiary/aromatic N) is 1. The van der Waals surface area contributed by atoms with E-state index in [1.54, 1.807) is 18.2 Å². The molecule has 4 atom stereocenters. The van der Waals surface area contributed by atoms with E-state index in [-0.39, 0.29) is 5.82 Å². The van der Waals surface area contributed by atoms with Gasteiger partial charge in [-0.15, -0.1) is 0 Å². The van der Waals surface area contributed by atoms with E-state index in [4.69, 9.17) is 5.11 Å². The molecule has 0 amide bonds. The van der Waals surface area contributed by atoms with Crippen molar-refractivity contribution in [1.29, 1.82) is 0 Å². The zero-order chi connectivity index (χ0) is 14.9. The van der Waals surface area contributed by atoms with E-state index in [0.717, 1.165) is 4.47 Å². The van der Waals surface area contributed by atoms with Crippen molar-refractivity contribution in [2.45, 2.75) is 24.4 Å². The van der Waals surface area contributed by atoms with Gasteiger partial charge in [-0.1, -0.05) is 15.9 Å². The highest BCUT2D eigenvalue weighted by atomic mass is 79.9. The molecule has 2 unspecified atom stereocenters. The Kier molecular flexibility index (Phi) is 4.74. The summed E-state index contributed by atoms with van der Waals surface area (Å²) in [6, 6.07) is 5.25. The van der Waals surface area contributed by atoms with Crippen LogP contribution in [-0.4, -0.2) is 60.4 Å². The number of H-pyrrole nitrogens is 1. The average Bonchev–Trinajstić information content (AvgIpc) is 2.86. The Hall–Kier alpha value is -1.03. The molecule has 0 saturated heterocycles. The Morgan fingerprint density at radius 1 is 1.15 bits per heavy atom. The van der Waals surface area contributed by atoms with Crippen LogP contribution < -0.4 is 0 Å². The van der Waals surface area contributed by atoms with Crippen LogP contribution >= 0.6 is 15.9 Å². The fourth-order valence-electron chi connectivity index (χ4n) is 1.83. The predicted octanol–water partition coefficient (Wildman–Crippen LogP) is -0.566. The molecular weight excluding hydrogens is 332 g/mol. The van der Waals surface area contributed by atoms with Gasteiger partial charge in [-0.3, -0.25) is 0 Å². The fraction of sp³-hybridized carbons (Fsp3) is 0.417. The number of fused-ring (bicyclic) bond motifs is 1. The van der Waals surface area contributed by atoms with E-state index in [2.05, 4.69) is 25.9 Å². The number of aromatic nitrogens is 2. The first-order valence-electron chi connectivity index (χ1n) is 5.92. The molecule has 0 saturated carbocycles. The number of aliphatic hydroxyl groups is 5. The van der Waals surface area contributed by atoms with Crippen molar-refractivity contribution in [2.75, 3.05) is 6.61 Å². The van der Waals surface area contributed by atoms with Gasteiger partial charge in [0.15, 0.2) is 0 Å². The molecule has 1 aromatic carbocycles. The Morgan fingerprint density at radius 3 is 2.50 bits per heavy atom. The standard InChI is InChI=1S/C12H15BrN2O5/c13-5-1-2-6-7(3-5)15-12(14-6)11(20)10(19)9(18)8(17)4-16/h1-3,8-11,16-20H,4H2,(H,14,15)/t8?,9-,10?,11-/m0/s1. The second-order valence-electron chi connectivity index (χ2n) is 4.46. The topological polar surface area (TPSA) is 130 Å². The molecule has 20 heavy (non-hydrogen) atoms. The number of halogens is 1. The molecule has 0 spiro atoms. The summed E-state index contributed by atoms with van der Waals surface area (Å²) in [7, 11) is 0. The van der Waals surface area contributed by atoms with Gasteiger partial charge >= 0.3 is 0 Å². The van der Waals surface area contributed by atoms with Crippen LogP contribution in [0.3, 0.4) is 0 Å². The van der Waals surface area contributed by atoms with Crippen LogP contribution in [0.1, 0.15) is 11.9 Å². The van der Waals surface area contributed by atoms with Crippen LogP contribution in [0.5, 0.6) is 0 Å². The van der Waals surface area contributed by atoms with E-state index in [0.29, 0.717) is 11.0 Å². The molecule has 110 valence electrons. The van der Waals surface area contributed by atoms with Crippen LogP contribution in [0.2, 0.25) is 0 Å². The third-order valence-electron chi connectivity index (χ3n) is 3.00. The molecule has 8 heteroatoms. The molecule has 0 aliphatic rings. The molecular formula is C12H15BrN2O5. The lowest BCUT2D eigenvalue weighted by Crippen LogP contribution is -2.42. The Balaban J connectivity index is 2.24. The van der Waals surface area contributed by atoms with Crippen molar-refractivity contribution in [2.24, 2.45) is 0 Å². The van der Waals surface area contributed by atoms with Gasteiger partial charge in [0, 0.05) is 4.47 Å². The quantitative estimate of drug-likeness (QED) is 0.430. The maximum absolute atomic E-state index is 9.97. The van der Waals surface area contributed by atoms with Gasteiger partial charge in [0.05, 0.1) is 17.6 Å². The molecule has 6 N–H and O–H groups in total.